The molecule has 74 valence electrons. The normalized spacial score (nSPS) is 29.0. The van der Waals surface area contributed by atoms with Crippen LogP contribution >= 0.6 is 0 Å². The summed E-state index contributed by atoms with van der Waals surface area (Å²) in [5.41, 5.74) is 0. The lowest BCUT2D eigenvalue weighted by Gasteiger charge is -2.31. The van der Waals surface area contributed by atoms with Gasteiger partial charge in [-0.05, 0) is 13.3 Å². The molecule has 2 heterocycles. The number of nitrogens with zero attached hydrogens (tertiary/aromatic N) is 2. The molecule has 1 atom stereocenters. The van der Waals surface area contributed by atoms with Gasteiger partial charge in [-0.1, -0.05) is 0 Å². The Balaban J connectivity index is 2.10. The molecule has 2 aliphatic heterocycles. The highest BCUT2D eigenvalue weighted by Gasteiger charge is 2.29. The van der Waals surface area contributed by atoms with E-state index in [2.05, 4.69) is 5.32 Å². The molecule has 2 fully saturated rings. The first kappa shape index (κ1) is 8.81. The SMILES string of the molecule is CCN1CCC2CN(CCN2)C1=O. The van der Waals surface area contributed by atoms with Crippen molar-refractivity contribution in [1.82, 2.24) is 15.1 Å². The van der Waals surface area contributed by atoms with E-state index in [4.69, 9.17) is 0 Å². The van der Waals surface area contributed by atoms with Crippen molar-refractivity contribution in [2.45, 2.75) is 19.4 Å². The Kier molecular flexibility index (Phi) is 2.40. The van der Waals surface area contributed by atoms with Crippen LogP contribution in [-0.4, -0.2) is 54.6 Å². The summed E-state index contributed by atoms with van der Waals surface area (Å²) in [6.07, 6.45) is 1.09. The molecule has 2 rings (SSSR count). The van der Waals surface area contributed by atoms with Crippen LogP contribution in [0, 0.1) is 0 Å². The third-order valence-electron chi connectivity index (χ3n) is 2.93. The Morgan fingerprint density at radius 3 is 3.15 bits per heavy atom. The van der Waals surface area contributed by atoms with E-state index in [1.54, 1.807) is 0 Å². The Morgan fingerprint density at radius 2 is 2.38 bits per heavy atom. The third kappa shape index (κ3) is 1.63. The zero-order valence-electron chi connectivity index (χ0n) is 8.12. The maximum Gasteiger partial charge on any atom is 0.320 e. The number of rotatable bonds is 1. The van der Waals surface area contributed by atoms with Crippen LogP contribution in [0.4, 0.5) is 4.79 Å². The number of carbonyl (C=O) groups excluding carboxylic acids is 1. The topological polar surface area (TPSA) is 35.6 Å². The fourth-order valence-corrected chi connectivity index (χ4v) is 2.09. The first-order valence-electron chi connectivity index (χ1n) is 5.08. The van der Waals surface area contributed by atoms with Crippen LogP contribution in [0.2, 0.25) is 0 Å². The zero-order valence-corrected chi connectivity index (χ0v) is 8.12. The summed E-state index contributed by atoms with van der Waals surface area (Å²) >= 11 is 0. The third-order valence-corrected chi connectivity index (χ3v) is 2.93. The van der Waals surface area contributed by atoms with E-state index in [0.717, 1.165) is 39.1 Å². The molecule has 1 N–H and O–H groups in total. The molecule has 0 radical (unpaired) electrons. The molecule has 0 saturated carbocycles. The summed E-state index contributed by atoms with van der Waals surface area (Å²) in [6.45, 7) is 6.50. The number of piperazine rings is 1. The van der Waals surface area contributed by atoms with Crippen molar-refractivity contribution in [3.63, 3.8) is 0 Å². The maximum absolute atomic E-state index is 11.8. The number of carbonyl (C=O) groups is 1. The predicted molar refractivity (Wildman–Crippen MR) is 50.6 cm³/mol. The second-order valence-electron chi connectivity index (χ2n) is 3.75. The molecule has 0 spiro atoms. The minimum atomic E-state index is 0.228. The maximum atomic E-state index is 11.8. The molecule has 0 aromatic heterocycles. The van der Waals surface area contributed by atoms with E-state index in [9.17, 15) is 4.79 Å². The summed E-state index contributed by atoms with van der Waals surface area (Å²) in [4.78, 5) is 15.7. The highest BCUT2D eigenvalue weighted by molar-refractivity contribution is 5.75. The summed E-state index contributed by atoms with van der Waals surface area (Å²) < 4.78 is 0. The van der Waals surface area contributed by atoms with Gasteiger partial charge in [-0.2, -0.15) is 0 Å². The van der Waals surface area contributed by atoms with Crippen LogP contribution in [0.5, 0.6) is 0 Å². The molecule has 2 saturated heterocycles. The van der Waals surface area contributed by atoms with E-state index in [1.165, 1.54) is 0 Å². The van der Waals surface area contributed by atoms with Crippen molar-refractivity contribution in [2.75, 3.05) is 32.7 Å². The average molecular weight is 183 g/mol. The van der Waals surface area contributed by atoms with E-state index < -0.39 is 0 Å². The smallest absolute Gasteiger partial charge is 0.320 e. The first-order chi connectivity index (χ1) is 6.31. The number of amides is 2. The van der Waals surface area contributed by atoms with Gasteiger partial charge in [-0.15, -0.1) is 0 Å². The molecule has 0 aromatic rings. The van der Waals surface area contributed by atoms with Crippen LogP contribution in [0.15, 0.2) is 0 Å². The molecule has 4 nitrogen and oxygen atoms in total. The molecule has 13 heavy (non-hydrogen) atoms. The van der Waals surface area contributed by atoms with Crippen molar-refractivity contribution in [3.05, 3.63) is 0 Å². The lowest BCUT2D eigenvalue weighted by molar-refractivity contribution is 0.158. The van der Waals surface area contributed by atoms with Gasteiger partial charge in [-0.25, -0.2) is 4.79 Å². The molecular formula is C9H17N3O. The number of nitrogens with one attached hydrogen (secondary N) is 1. The number of hydrogen-bond acceptors (Lipinski definition) is 2. The van der Waals surface area contributed by atoms with Gasteiger partial charge in [-0.3, -0.25) is 0 Å². The van der Waals surface area contributed by atoms with Crippen molar-refractivity contribution >= 4 is 6.03 Å². The summed E-state index contributed by atoms with van der Waals surface area (Å²) in [7, 11) is 0. The minimum Gasteiger partial charge on any atom is -0.325 e. The zero-order chi connectivity index (χ0) is 9.26. The molecule has 4 heteroatoms. The molecular weight excluding hydrogens is 166 g/mol. The van der Waals surface area contributed by atoms with Crippen LogP contribution in [0.1, 0.15) is 13.3 Å². The first-order valence-corrected chi connectivity index (χ1v) is 5.08. The average Bonchev–Trinajstić information content (AvgIpc) is 2.27. The Bertz CT molecular complexity index is 207. The van der Waals surface area contributed by atoms with Gasteiger partial charge in [0.15, 0.2) is 0 Å². The summed E-state index contributed by atoms with van der Waals surface area (Å²) in [5, 5.41) is 3.44. The van der Waals surface area contributed by atoms with Gasteiger partial charge in [0, 0.05) is 38.8 Å². The van der Waals surface area contributed by atoms with Crippen molar-refractivity contribution in [3.8, 4) is 0 Å². The van der Waals surface area contributed by atoms with Crippen LogP contribution in [-0.2, 0) is 0 Å². The second kappa shape index (κ2) is 3.54. The highest BCUT2D eigenvalue weighted by atomic mass is 16.2. The van der Waals surface area contributed by atoms with Gasteiger partial charge in [0.1, 0.15) is 0 Å². The molecule has 0 aliphatic carbocycles. The second-order valence-corrected chi connectivity index (χ2v) is 3.75. The lowest BCUT2D eigenvalue weighted by Crippen LogP contribution is -2.52. The molecule has 2 amide bonds. The molecule has 2 bridgehead atoms. The fourth-order valence-electron chi connectivity index (χ4n) is 2.09. The van der Waals surface area contributed by atoms with Gasteiger partial charge in [0.25, 0.3) is 0 Å². The summed E-state index contributed by atoms with van der Waals surface area (Å²) in [5.74, 6) is 0. The van der Waals surface area contributed by atoms with Crippen molar-refractivity contribution < 1.29 is 4.79 Å². The lowest BCUT2D eigenvalue weighted by atomic mass is 10.1. The largest absolute Gasteiger partial charge is 0.325 e. The van der Waals surface area contributed by atoms with Crippen LogP contribution < -0.4 is 5.32 Å². The monoisotopic (exact) mass is 183 g/mol. The van der Waals surface area contributed by atoms with Gasteiger partial charge in [0.2, 0.25) is 0 Å². The molecule has 1 unspecified atom stereocenters. The van der Waals surface area contributed by atoms with Gasteiger partial charge in [0.05, 0.1) is 0 Å². The van der Waals surface area contributed by atoms with Gasteiger partial charge >= 0.3 is 6.03 Å². The van der Waals surface area contributed by atoms with Crippen molar-refractivity contribution in [2.24, 2.45) is 0 Å². The molecule has 0 aromatic carbocycles. The Labute approximate surface area is 78.9 Å². The fraction of sp³-hybridized carbons (Fsp3) is 0.889. The number of hydrogen-bond donors (Lipinski definition) is 1. The Morgan fingerprint density at radius 1 is 1.54 bits per heavy atom. The van der Waals surface area contributed by atoms with Crippen LogP contribution in [0.25, 0.3) is 0 Å². The quantitative estimate of drug-likeness (QED) is 0.626. The standard InChI is InChI=1S/C9H17N3O/c1-2-11-5-3-8-7-12(9(11)13)6-4-10-8/h8,10H,2-7H2,1H3. The predicted octanol–water partition coefficient (Wildman–Crippen LogP) is 0.106. The van der Waals surface area contributed by atoms with E-state index in [-0.39, 0.29) is 6.03 Å². The Hall–Kier alpha value is -0.770. The summed E-state index contributed by atoms with van der Waals surface area (Å²) in [6, 6.07) is 0.751. The highest BCUT2D eigenvalue weighted by Crippen LogP contribution is 2.12. The van der Waals surface area contributed by atoms with Crippen molar-refractivity contribution in [1.29, 1.82) is 0 Å². The van der Waals surface area contributed by atoms with E-state index in [1.807, 2.05) is 16.7 Å². The van der Waals surface area contributed by atoms with E-state index in [0.29, 0.717) is 6.04 Å². The van der Waals surface area contributed by atoms with Crippen LogP contribution in [0.3, 0.4) is 0 Å². The van der Waals surface area contributed by atoms with Gasteiger partial charge < -0.3 is 15.1 Å². The minimum absolute atomic E-state index is 0.228. The number of fused-ring (bicyclic) bond motifs is 2. The number of urea groups is 1. The molecule has 2 aliphatic rings. The van der Waals surface area contributed by atoms with E-state index >= 15 is 0 Å².